The summed E-state index contributed by atoms with van der Waals surface area (Å²) in [5.74, 6) is 0. The van der Waals surface area contributed by atoms with Crippen LogP contribution < -0.4 is 10.0 Å². The van der Waals surface area contributed by atoms with Crippen molar-refractivity contribution in [1.29, 1.82) is 0 Å². The maximum absolute atomic E-state index is 11.6. The van der Waals surface area contributed by atoms with E-state index in [1.54, 1.807) is 0 Å². The summed E-state index contributed by atoms with van der Waals surface area (Å²) in [6, 6.07) is 1.66. The SMILES string of the molecule is O=C(Nc1c2c(cc3c1CCC3)CCC2)NS(=O)O. The predicted octanol–water partition coefficient (Wildman–Crippen LogP) is 1.92. The molecule has 2 aliphatic carbocycles. The summed E-state index contributed by atoms with van der Waals surface area (Å²) in [6.45, 7) is 0. The molecule has 2 amide bonds. The average Bonchev–Trinajstić information content (AvgIpc) is 2.94. The lowest BCUT2D eigenvalue weighted by Gasteiger charge is -2.15. The number of urea groups is 1. The Morgan fingerprint density at radius 2 is 1.68 bits per heavy atom. The summed E-state index contributed by atoms with van der Waals surface area (Å²) in [6.07, 6.45) is 6.29. The fourth-order valence-electron chi connectivity index (χ4n) is 3.19. The van der Waals surface area contributed by atoms with Crippen molar-refractivity contribution in [2.45, 2.75) is 38.5 Å². The van der Waals surface area contributed by atoms with Crippen molar-refractivity contribution < 1.29 is 13.6 Å². The highest BCUT2D eigenvalue weighted by atomic mass is 32.2. The maximum Gasteiger partial charge on any atom is 0.332 e. The number of carbonyl (C=O) groups excluding carboxylic acids is 1. The van der Waals surface area contributed by atoms with Crippen LogP contribution in [0, 0.1) is 0 Å². The standard InChI is InChI=1S/C13H16N2O3S/c16-13(15-19(17)18)14-12-10-5-1-3-8(10)7-9-4-2-6-11(9)12/h7H,1-6H2,(H,17,18)(H2,14,15,16). The van der Waals surface area contributed by atoms with Crippen LogP contribution in [0.2, 0.25) is 0 Å². The first-order valence-electron chi connectivity index (χ1n) is 6.50. The second-order valence-corrected chi connectivity index (χ2v) is 5.74. The minimum atomic E-state index is -2.33. The molecule has 0 saturated carbocycles. The Kier molecular flexibility index (Phi) is 3.28. The largest absolute Gasteiger partial charge is 0.332 e. The number of fused-ring (bicyclic) bond motifs is 2. The molecule has 0 aliphatic heterocycles. The summed E-state index contributed by atoms with van der Waals surface area (Å²) < 4.78 is 21.2. The molecule has 0 spiro atoms. The van der Waals surface area contributed by atoms with Crippen molar-refractivity contribution in [3.63, 3.8) is 0 Å². The molecule has 19 heavy (non-hydrogen) atoms. The molecule has 1 aromatic carbocycles. The van der Waals surface area contributed by atoms with Gasteiger partial charge in [0, 0.05) is 5.69 Å². The quantitative estimate of drug-likeness (QED) is 0.724. The Labute approximate surface area is 114 Å². The number of benzene rings is 1. The Hall–Kier alpha value is -1.40. The van der Waals surface area contributed by atoms with Gasteiger partial charge >= 0.3 is 6.03 Å². The van der Waals surface area contributed by atoms with Crippen LogP contribution >= 0.6 is 0 Å². The van der Waals surface area contributed by atoms with Crippen molar-refractivity contribution in [3.05, 3.63) is 28.3 Å². The number of carbonyl (C=O) groups is 1. The Morgan fingerprint density at radius 3 is 2.21 bits per heavy atom. The fraction of sp³-hybridized carbons (Fsp3) is 0.462. The smallest absolute Gasteiger partial charge is 0.307 e. The van der Waals surface area contributed by atoms with Gasteiger partial charge in [-0.15, -0.1) is 0 Å². The zero-order valence-corrected chi connectivity index (χ0v) is 11.3. The number of nitrogens with one attached hydrogen (secondary N) is 2. The number of rotatable bonds is 2. The van der Waals surface area contributed by atoms with E-state index >= 15 is 0 Å². The van der Waals surface area contributed by atoms with Gasteiger partial charge in [0.1, 0.15) is 0 Å². The molecule has 1 unspecified atom stereocenters. The van der Waals surface area contributed by atoms with Crippen LogP contribution in [0.15, 0.2) is 6.07 Å². The van der Waals surface area contributed by atoms with Crippen LogP contribution in [0.5, 0.6) is 0 Å². The van der Waals surface area contributed by atoms with Crippen molar-refractivity contribution in [2.24, 2.45) is 0 Å². The van der Waals surface area contributed by atoms with E-state index in [-0.39, 0.29) is 0 Å². The van der Waals surface area contributed by atoms with E-state index in [0.29, 0.717) is 0 Å². The highest BCUT2D eigenvalue weighted by Gasteiger charge is 2.25. The van der Waals surface area contributed by atoms with Gasteiger partial charge in [-0.2, -0.15) is 0 Å². The minimum Gasteiger partial charge on any atom is -0.307 e. The molecule has 1 atom stereocenters. The lowest BCUT2D eigenvalue weighted by Crippen LogP contribution is -2.30. The first kappa shape index (κ1) is 12.6. The number of amides is 2. The van der Waals surface area contributed by atoms with E-state index in [4.69, 9.17) is 4.55 Å². The normalized spacial score (nSPS) is 17.7. The summed E-state index contributed by atoms with van der Waals surface area (Å²) in [5, 5.41) is 2.77. The van der Waals surface area contributed by atoms with Gasteiger partial charge in [0.2, 0.25) is 0 Å². The van der Waals surface area contributed by atoms with Crippen molar-refractivity contribution in [1.82, 2.24) is 4.72 Å². The van der Waals surface area contributed by atoms with E-state index in [9.17, 15) is 9.00 Å². The van der Waals surface area contributed by atoms with Crippen LogP contribution in [-0.2, 0) is 36.9 Å². The van der Waals surface area contributed by atoms with E-state index in [2.05, 4.69) is 11.4 Å². The predicted molar refractivity (Wildman–Crippen MR) is 73.4 cm³/mol. The van der Waals surface area contributed by atoms with Gasteiger partial charge in [0.25, 0.3) is 11.3 Å². The minimum absolute atomic E-state index is 0.616. The molecule has 5 nitrogen and oxygen atoms in total. The number of aryl methyl sites for hydroxylation is 2. The monoisotopic (exact) mass is 280 g/mol. The third kappa shape index (κ3) is 2.37. The van der Waals surface area contributed by atoms with Crippen LogP contribution in [0.25, 0.3) is 0 Å². The van der Waals surface area contributed by atoms with E-state index in [0.717, 1.165) is 44.2 Å². The first-order chi connectivity index (χ1) is 9.15. The third-order valence-electron chi connectivity index (χ3n) is 3.89. The zero-order chi connectivity index (χ0) is 13.4. The van der Waals surface area contributed by atoms with Crippen molar-refractivity contribution in [2.75, 3.05) is 5.32 Å². The summed E-state index contributed by atoms with van der Waals surface area (Å²) in [5.41, 5.74) is 5.94. The highest BCUT2D eigenvalue weighted by molar-refractivity contribution is 7.77. The maximum atomic E-state index is 11.6. The Morgan fingerprint density at radius 1 is 1.11 bits per heavy atom. The van der Waals surface area contributed by atoms with Gasteiger partial charge in [0.05, 0.1) is 0 Å². The van der Waals surface area contributed by atoms with Crippen molar-refractivity contribution in [3.8, 4) is 0 Å². The summed E-state index contributed by atoms with van der Waals surface area (Å²) >= 11 is -2.33. The van der Waals surface area contributed by atoms with E-state index in [1.807, 2.05) is 4.72 Å². The van der Waals surface area contributed by atoms with Crippen LogP contribution in [0.3, 0.4) is 0 Å². The molecule has 0 fully saturated rings. The molecular weight excluding hydrogens is 264 g/mol. The molecule has 102 valence electrons. The molecule has 0 saturated heterocycles. The molecule has 2 aliphatic rings. The second-order valence-electron chi connectivity index (χ2n) is 5.04. The van der Waals surface area contributed by atoms with Gasteiger partial charge in [-0.05, 0) is 60.8 Å². The van der Waals surface area contributed by atoms with Crippen molar-refractivity contribution >= 4 is 23.0 Å². The summed E-state index contributed by atoms with van der Waals surface area (Å²) in [4.78, 5) is 11.6. The lowest BCUT2D eigenvalue weighted by atomic mass is 9.99. The lowest BCUT2D eigenvalue weighted by molar-refractivity contribution is 0.256. The van der Waals surface area contributed by atoms with E-state index in [1.165, 1.54) is 22.3 Å². The van der Waals surface area contributed by atoms with Gasteiger partial charge in [-0.3, -0.25) is 4.55 Å². The number of hydrogen-bond acceptors (Lipinski definition) is 2. The number of hydrogen-bond donors (Lipinski definition) is 3. The zero-order valence-electron chi connectivity index (χ0n) is 10.5. The molecule has 6 heteroatoms. The Bertz CT molecular complexity index is 539. The molecule has 3 N–H and O–H groups in total. The Balaban J connectivity index is 1.96. The van der Waals surface area contributed by atoms with Crippen LogP contribution in [0.1, 0.15) is 35.1 Å². The van der Waals surface area contributed by atoms with E-state index < -0.39 is 17.3 Å². The van der Waals surface area contributed by atoms with Crippen LogP contribution in [-0.4, -0.2) is 14.8 Å². The fourth-order valence-corrected chi connectivity index (χ4v) is 3.40. The summed E-state index contributed by atoms with van der Waals surface area (Å²) in [7, 11) is 0. The van der Waals surface area contributed by atoms with Gasteiger partial charge < -0.3 is 5.32 Å². The number of anilines is 1. The van der Waals surface area contributed by atoms with Gasteiger partial charge in [-0.25, -0.2) is 13.7 Å². The molecule has 0 radical (unpaired) electrons. The molecular formula is C13H16N2O3S. The molecule has 0 heterocycles. The first-order valence-corrected chi connectivity index (χ1v) is 7.61. The molecule has 1 aromatic rings. The average molecular weight is 280 g/mol. The molecule has 3 rings (SSSR count). The van der Waals surface area contributed by atoms with Gasteiger partial charge in [0.15, 0.2) is 0 Å². The topological polar surface area (TPSA) is 78.4 Å². The third-order valence-corrected chi connectivity index (χ3v) is 4.25. The highest BCUT2D eigenvalue weighted by Crippen LogP contribution is 2.38. The van der Waals surface area contributed by atoms with Crippen LogP contribution in [0.4, 0.5) is 10.5 Å². The van der Waals surface area contributed by atoms with Gasteiger partial charge in [-0.1, -0.05) is 6.07 Å². The molecule has 0 aromatic heterocycles. The second kappa shape index (κ2) is 4.94. The molecule has 0 bridgehead atoms.